The molecule has 0 aromatic heterocycles. The zero-order chi connectivity index (χ0) is 29.7. The third-order valence-corrected chi connectivity index (χ3v) is 16.1. The highest BCUT2D eigenvalue weighted by molar-refractivity contribution is 5.26. The lowest BCUT2D eigenvalue weighted by molar-refractivity contribution is -0.0761. The Morgan fingerprint density at radius 2 is 0.881 bits per heavy atom. The third kappa shape index (κ3) is 4.34. The molecule has 236 valence electrons. The lowest BCUT2D eigenvalue weighted by Crippen LogP contribution is -2.51. The fourth-order valence-electron chi connectivity index (χ4n) is 13.4. The molecule has 0 saturated heterocycles. The highest BCUT2D eigenvalue weighted by Crippen LogP contribution is 2.67. The summed E-state index contributed by atoms with van der Waals surface area (Å²) in [6.07, 6.45) is 22.4. The molecule has 8 rings (SSSR count). The SMILES string of the molecule is C[C@]12CC[C@H]3[C@@H](CCC4=C[C@@H](O)CC[C@@]43C)[C@@H]1CC[C@@H]2O.C[C@]12CC[C@H]3[C@@H](CCC4=C[C@@H](O)CC[C@@]43C)[C@@H]1CC[C@@H]2O. The van der Waals surface area contributed by atoms with E-state index in [0.29, 0.717) is 10.8 Å². The molecule has 0 unspecified atom stereocenters. The van der Waals surface area contributed by atoms with Gasteiger partial charge in [0.05, 0.1) is 24.4 Å². The summed E-state index contributed by atoms with van der Waals surface area (Å²) in [6.45, 7) is 9.64. The van der Waals surface area contributed by atoms with Crippen LogP contribution in [0.25, 0.3) is 0 Å². The van der Waals surface area contributed by atoms with Gasteiger partial charge in [0.2, 0.25) is 0 Å². The molecule has 0 amide bonds. The van der Waals surface area contributed by atoms with Gasteiger partial charge >= 0.3 is 0 Å². The van der Waals surface area contributed by atoms with E-state index in [1.807, 2.05) is 0 Å². The molecular weight excluding hydrogens is 520 g/mol. The van der Waals surface area contributed by atoms with E-state index in [9.17, 15) is 20.4 Å². The quantitative estimate of drug-likeness (QED) is 0.226. The predicted molar refractivity (Wildman–Crippen MR) is 167 cm³/mol. The van der Waals surface area contributed by atoms with E-state index >= 15 is 0 Å². The molecule has 0 aromatic rings. The van der Waals surface area contributed by atoms with Crippen molar-refractivity contribution in [2.45, 2.75) is 155 Å². The van der Waals surface area contributed by atoms with Gasteiger partial charge in [0.15, 0.2) is 0 Å². The minimum absolute atomic E-state index is 0.0682. The summed E-state index contributed by atoms with van der Waals surface area (Å²) in [5, 5.41) is 40.9. The Morgan fingerprint density at radius 3 is 1.29 bits per heavy atom. The van der Waals surface area contributed by atoms with Crippen molar-refractivity contribution in [1.29, 1.82) is 0 Å². The Balaban J connectivity index is 0.000000137. The zero-order valence-electron chi connectivity index (χ0n) is 27.0. The van der Waals surface area contributed by atoms with Gasteiger partial charge in [-0.05, 0) is 160 Å². The summed E-state index contributed by atoms with van der Waals surface area (Å²) in [4.78, 5) is 0. The molecule has 14 atom stereocenters. The van der Waals surface area contributed by atoms with Crippen LogP contribution in [0.4, 0.5) is 0 Å². The topological polar surface area (TPSA) is 80.9 Å². The van der Waals surface area contributed by atoms with E-state index in [0.717, 1.165) is 74.0 Å². The smallest absolute Gasteiger partial charge is 0.0724 e. The van der Waals surface area contributed by atoms with Crippen molar-refractivity contribution in [3.63, 3.8) is 0 Å². The van der Waals surface area contributed by atoms with E-state index in [-0.39, 0.29) is 35.2 Å². The lowest BCUT2D eigenvalue weighted by Gasteiger charge is -2.58. The van der Waals surface area contributed by atoms with Crippen LogP contribution in [0.1, 0.15) is 130 Å². The average molecular weight is 581 g/mol. The molecular formula is C38H60O4. The molecule has 0 radical (unpaired) electrons. The van der Waals surface area contributed by atoms with Crippen molar-refractivity contribution in [1.82, 2.24) is 0 Å². The van der Waals surface area contributed by atoms with Crippen LogP contribution in [0.15, 0.2) is 23.3 Å². The Labute approximate surface area is 255 Å². The molecule has 8 aliphatic rings. The van der Waals surface area contributed by atoms with E-state index in [1.54, 1.807) is 11.1 Å². The maximum atomic E-state index is 10.5. The minimum atomic E-state index is -0.202. The van der Waals surface area contributed by atoms with E-state index in [4.69, 9.17) is 0 Å². The maximum absolute atomic E-state index is 10.5. The van der Waals surface area contributed by atoms with Crippen LogP contribution in [0.5, 0.6) is 0 Å². The van der Waals surface area contributed by atoms with E-state index in [2.05, 4.69) is 39.8 Å². The minimum Gasteiger partial charge on any atom is -0.393 e. The molecule has 0 bridgehead atoms. The van der Waals surface area contributed by atoms with Crippen LogP contribution >= 0.6 is 0 Å². The molecule has 0 spiro atoms. The van der Waals surface area contributed by atoms with Crippen molar-refractivity contribution in [2.24, 2.45) is 57.2 Å². The summed E-state index contributed by atoms with van der Waals surface area (Å²) in [7, 11) is 0. The Hall–Kier alpha value is -0.680. The summed E-state index contributed by atoms with van der Waals surface area (Å²) in [5.41, 5.74) is 4.13. The molecule has 8 aliphatic carbocycles. The van der Waals surface area contributed by atoms with Crippen LogP contribution in [-0.4, -0.2) is 44.8 Å². The van der Waals surface area contributed by atoms with Crippen molar-refractivity contribution >= 4 is 0 Å². The van der Waals surface area contributed by atoms with Crippen LogP contribution in [0.3, 0.4) is 0 Å². The first-order valence-corrected chi connectivity index (χ1v) is 18.0. The lowest BCUT2D eigenvalue weighted by atomic mass is 9.47. The Morgan fingerprint density at radius 1 is 0.476 bits per heavy atom. The zero-order valence-corrected chi connectivity index (χ0v) is 27.0. The summed E-state index contributed by atoms with van der Waals surface area (Å²) in [6, 6.07) is 0. The molecule has 4 heteroatoms. The van der Waals surface area contributed by atoms with Crippen molar-refractivity contribution in [3.8, 4) is 0 Å². The molecule has 0 aromatic carbocycles. The number of aliphatic hydroxyl groups excluding tert-OH is 4. The van der Waals surface area contributed by atoms with Gasteiger partial charge in [-0.15, -0.1) is 0 Å². The monoisotopic (exact) mass is 580 g/mol. The van der Waals surface area contributed by atoms with Crippen molar-refractivity contribution in [2.75, 3.05) is 0 Å². The highest BCUT2D eigenvalue weighted by Gasteiger charge is 2.60. The largest absolute Gasteiger partial charge is 0.393 e. The second kappa shape index (κ2) is 10.4. The van der Waals surface area contributed by atoms with E-state index in [1.165, 1.54) is 64.2 Å². The highest BCUT2D eigenvalue weighted by atomic mass is 16.3. The summed E-state index contributed by atoms with van der Waals surface area (Å²) < 4.78 is 0. The average Bonchev–Trinajstić information content (AvgIpc) is 3.44. The number of hydrogen-bond donors (Lipinski definition) is 4. The number of allylic oxidation sites excluding steroid dienone is 2. The van der Waals surface area contributed by atoms with Gasteiger partial charge in [-0.2, -0.15) is 0 Å². The number of hydrogen-bond acceptors (Lipinski definition) is 4. The van der Waals surface area contributed by atoms with Crippen LogP contribution in [0, 0.1) is 57.2 Å². The fourth-order valence-corrected chi connectivity index (χ4v) is 13.4. The predicted octanol–water partition coefficient (Wildman–Crippen LogP) is 7.34. The second-order valence-electron chi connectivity index (χ2n) is 17.5. The summed E-state index contributed by atoms with van der Waals surface area (Å²) >= 11 is 0. The molecule has 42 heavy (non-hydrogen) atoms. The Kier molecular flexibility index (Phi) is 7.45. The number of rotatable bonds is 0. The van der Waals surface area contributed by atoms with Gasteiger partial charge in [0.1, 0.15) is 0 Å². The normalized spacial score (nSPS) is 56.2. The van der Waals surface area contributed by atoms with Crippen LogP contribution in [0.2, 0.25) is 0 Å². The fraction of sp³-hybridized carbons (Fsp3) is 0.895. The van der Waals surface area contributed by atoms with Gasteiger partial charge in [-0.3, -0.25) is 0 Å². The first kappa shape index (κ1) is 30.0. The Bertz CT molecular complexity index is 1030. The second-order valence-corrected chi connectivity index (χ2v) is 17.5. The van der Waals surface area contributed by atoms with Gasteiger partial charge < -0.3 is 20.4 Å². The van der Waals surface area contributed by atoms with Crippen molar-refractivity contribution < 1.29 is 20.4 Å². The number of aliphatic hydroxyl groups is 4. The number of fused-ring (bicyclic) bond motifs is 10. The van der Waals surface area contributed by atoms with Gasteiger partial charge in [0.25, 0.3) is 0 Å². The van der Waals surface area contributed by atoms with Gasteiger partial charge in [-0.25, -0.2) is 0 Å². The molecule has 0 heterocycles. The van der Waals surface area contributed by atoms with Crippen LogP contribution in [-0.2, 0) is 0 Å². The molecule has 6 saturated carbocycles. The molecule has 4 N–H and O–H groups in total. The summed E-state index contributed by atoms with van der Waals surface area (Å²) in [5.74, 6) is 4.64. The standard InChI is InChI=1S/2C19H30O2/c2*1-18-9-7-13(20)11-12(18)3-4-14-15-5-6-17(21)19(15,2)10-8-16(14)18/h2*11,13-17,20-21H,3-10H2,1-2H3/t2*13-,14-,15-,16-,17-,18-,19-/m00/s1. The first-order chi connectivity index (χ1) is 19.9. The van der Waals surface area contributed by atoms with Crippen molar-refractivity contribution in [3.05, 3.63) is 23.3 Å². The van der Waals surface area contributed by atoms with Gasteiger partial charge in [0, 0.05) is 0 Å². The van der Waals surface area contributed by atoms with Crippen LogP contribution < -0.4 is 0 Å². The van der Waals surface area contributed by atoms with E-state index < -0.39 is 0 Å². The third-order valence-electron chi connectivity index (χ3n) is 16.1. The van der Waals surface area contributed by atoms with Gasteiger partial charge in [-0.1, -0.05) is 51.0 Å². The molecule has 0 aliphatic heterocycles. The molecule has 6 fully saturated rings. The molecule has 4 nitrogen and oxygen atoms in total. The first-order valence-electron chi connectivity index (χ1n) is 18.0. The maximum Gasteiger partial charge on any atom is 0.0724 e.